The normalized spacial score (nSPS) is 12.7. The summed E-state index contributed by atoms with van der Waals surface area (Å²) in [5.74, 6) is -3.34. The highest BCUT2D eigenvalue weighted by atomic mass is 32.2. The molecular formula is C11H13NO6S. The Morgan fingerprint density at radius 2 is 1.89 bits per heavy atom. The predicted molar refractivity (Wildman–Crippen MR) is 66.5 cm³/mol. The third-order valence-electron chi connectivity index (χ3n) is 2.37. The first kappa shape index (κ1) is 15.1. The molecule has 1 aromatic rings. The van der Waals surface area contributed by atoms with E-state index in [-0.39, 0.29) is 5.56 Å². The van der Waals surface area contributed by atoms with Crippen LogP contribution in [-0.2, 0) is 14.9 Å². The fourth-order valence-corrected chi connectivity index (χ4v) is 2.10. The number of carbonyl (C=O) groups excluding carboxylic acids is 1. The highest BCUT2D eigenvalue weighted by Gasteiger charge is 2.26. The van der Waals surface area contributed by atoms with Gasteiger partial charge < -0.3 is 10.4 Å². The van der Waals surface area contributed by atoms with Gasteiger partial charge in [0, 0.05) is 5.56 Å². The molecule has 0 saturated heterocycles. The molecule has 1 aromatic carbocycles. The van der Waals surface area contributed by atoms with Gasteiger partial charge in [-0.1, -0.05) is 18.2 Å². The Morgan fingerprint density at radius 3 is 2.37 bits per heavy atom. The van der Waals surface area contributed by atoms with Crippen LogP contribution < -0.4 is 5.32 Å². The Kier molecular flexibility index (Phi) is 4.62. The molecule has 0 saturated carbocycles. The summed E-state index contributed by atoms with van der Waals surface area (Å²) < 4.78 is 30.0. The molecular weight excluding hydrogens is 274 g/mol. The zero-order valence-electron chi connectivity index (χ0n) is 10.0. The topological polar surface area (TPSA) is 121 Å². The third-order valence-corrected chi connectivity index (χ3v) is 3.12. The van der Waals surface area contributed by atoms with Crippen LogP contribution in [0.1, 0.15) is 15.9 Å². The highest BCUT2D eigenvalue weighted by Crippen LogP contribution is 2.07. The molecule has 8 heteroatoms. The Bertz CT molecular complexity index is 595. The minimum atomic E-state index is -4.50. The van der Waals surface area contributed by atoms with E-state index in [1.54, 1.807) is 25.1 Å². The minimum Gasteiger partial charge on any atom is -0.480 e. The number of carboxylic acid groups (broad SMARTS) is 1. The van der Waals surface area contributed by atoms with Gasteiger partial charge in [-0.15, -0.1) is 0 Å². The van der Waals surface area contributed by atoms with E-state index >= 15 is 0 Å². The van der Waals surface area contributed by atoms with Crippen molar-refractivity contribution in [2.24, 2.45) is 0 Å². The minimum absolute atomic E-state index is 0.240. The van der Waals surface area contributed by atoms with Gasteiger partial charge in [-0.05, 0) is 18.6 Å². The van der Waals surface area contributed by atoms with Crippen LogP contribution in [-0.4, -0.2) is 41.7 Å². The first-order valence-electron chi connectivity index (χ1n) is 5.25. The number of hydrogen-bond acceptors (Lipinski definition) is 4. The van der Waals surface area contributed by atoms with Crippen LogP contribution in [0.4, 0.5) is 0 Å². The lowest BCUT2D eigenvalue weighted by atomic mass is 10.1. The predicted octanol–water partition coefficient (Wildman–Crippen LogP) is 0.0658. The lowest BCUT2D eigenvalue weighted by Crippen LogP contribution is -2.45. The smallest absolute Gasteiger partial charge is 0.327 e. The van der Waals surface area contributed by atoms with Crippen LogP contribution in [0.2, 0.25) is 0 Å². The second kappa shape index (κ2) is 5.81. The number of hydrogen-bond donors (Lipinski definition) is 3. The van der Waals surface area contributed by atoms with Crippen molar-refractivity contribution < 1.29 is 27.7 Å². The zero-order chi connectivity index (χ0) is 14.6. The summed E-state index contributed by atoms with van der Waals surface area (Å²) in [6.07, 6.45) is 0. The van der Waals surface area contributed by atoms with E-state index in [0.29, 0.717) is 5.56 Å². The standard InChI is InChI=1S/C11H13NO6S/c1-7-4-2-3-5-8(7)10(13)12-9(11(14)15)6-19(16,17)18/h2-5,9H,6H2,1H3,(H,12,13)(H,14,15)(H,16,17,18). The first-order chi connectivity index (χ1) is 8.70. The second-order valence-electron chi connectivity index (χ2n) is 3.93. The number of amides is 1. The molecule has 0 aliphatic carbocycles. The Hall–Kier alpha value is -1.93. The summed E-state index contributed by atoms with van der Waals surface area (Å²) >= 11 is 0. The average Bonchev–Trinajstić information content (AvgIpc) is 2.26. The van der Waals surface area contributed by atoms with E-state index in [2.05, 4.69) is 5.32 Å². The Labute approximate surface area is 110 Å². The summed E-state index contributed by atoms with van der Waals surface area (Å²) in [5, 5.41) is 10.9. The monoisotopic (exact) mass is 287 g/mol. The lowest BCUT2D eigenvalue weighted by molar-refractivity contribution is -0.138. The molecule has 1 unspecified atom stereocenters. The second-order valence-corrected chi connectivity index (χ2v) is 5.42. The highest BCUT2D eigenvalue weighted by molar-refractivity contribution is 7.85. The van der Waals surface area contributed by atoms with E-state index in [1.165, 1.54) is 6.07 Å². The van der Waals surface area contributed by atoms with Crippen LogP contribution in [0.3, 0.4) is 0 Å². The molecule has 0 bridgehead atoms. The van der Waals surface area contributed by atoms with Gasteiger partial charge in [0.25, 0.3) is 16.0 Å². The number of aryl methyl sites for hydroxylation is 1. The van der Waals surface area contributed by atoms with Crippen molar-refractivity contribution >= 4 is 22.0 Å². The SMILES string of the molecule is Cc1ccccc1C(=O)NC(CS(=O)(=O)O)C(=O)O. The lowest BCUT2D eigenvalue weighted by Gasteiger charge is -2.13. The summed E-state index contributed by atoms with van der Waals surface area (Å²) in [7, 11) is -4.50. The van der Waals surface area contributed by atoms with Gasteiger partial charge in [0.15, 0.2) is 0 Å². The molecule has 7 nitrogen and oxygen atoms in total. The summed E-state index contributed by atoms with van der Waals surface area (Å²) in [4.78, 5) is 22.7. The van der Waals surface area contributed by atoms with Crippen molar-refractivity contribution in [3.8, 4) is 0 Å². The van der Waals surface area contributed by atoms with E-state index in [1.807, 2.05) is 0 Å². The fraction of sp³-hybridized carbons (Fsp3) is 0.273. The molecule has 104 valence electrons. The van der Waals surface area contributed by atoms with Gasteiger partial charge in [0.1, 0.15) is 11.8 Å². The fourth-order valence-electron chi connectivity index (χ4n) is 1.45. The Balaban J connectivity index is 2.89. The van der Waals surface area contributed by atoms with Gasteiger partial charge in [-0.3, -0.25) is 9.35 Å². The van der Waals surface area contributed by atoms with E-state index in [4.69, 9.17) is 9.66 Å². The number of aliphatic carboxylic acids is 1. The van der Waals surface area contributed by atoms with Gasteiger partial charge >= 0.3 is 5.97 Å². The van der Waals surface area contributed by atoms with Gasteiger partial charge in [0.05, 0.1) is 0 Å². The molecule has 1 rings (SSSR count). The van der Waals surface area contributed by atoms with Crippen LogP contribution in [0.25, 0.3) is 0 Å². The van der Waals surface area contributed by atoms with Crippen LogP contribution in [0, 0.1) is 6.92 Å². The van der Waals surface area contributed by atoms with E-state index < -0.39 is 33.8 Å². The molecule has 0 aliphatic heterocycles. The van der Waals surface area contributed by atoms with E-state index in [9.17, 15) is 18.0 Å². The van der Waals surface area contributed by atoms with Gasteiger partial charge in [-0.25, -0.2) is 4.79 Å². The molecule has 19 heavy (non-hydrogen) atoms. The van der Waals surface area contributed by atoms with E-state index in [0.717, 1.165) is 0 Å². The molecule has 0 aromatic heterocycles. The van der Waals surface area contributed by atoms with Crippen molar-refractivity contribution in [2.45, 2.75) is 13.0 Å². The molecule has 0 heterocycles. The van der Waals surface area contributed by atoms with Crippen molar-refractivity contribution in [2.75, 3.05) is 5.75 Å². The molecule has 1 atom stereocenters. The van der Waals surface area contributed by atoms with Gasteiger partial charge in [0.2, 0.25) is 0 Å². The largest absolute Gasteiger partial charge is 0.480 e. The number of carbonyl (C=O) groups is 2. The number of rotatable bonds is 5. The van der Waals surface area contributed by atoms with Crippen LogP contribution in [0.15, 0.2) is 24.3 Å². The first-order valence-corrected chi connectivity index (χ1v) is 6.86. The van der Waals surface area contributed by atoms with Crippen molar-refractivity contribution in [3.05, 3.63) is 35.4 Å². The maximum atomic E-state index is 11.8. The zero-order valence-corrected chi connectivity index (χ0v) is 10.8. The van der Waals surface area contributed by atoms with Crippen molar-refractivity contribution in [1.82, 2.24) is 5.32 Å². The summed E-state index contributed by atoms with van der Waals surface area (Å²) in [6.45, 7) is 1.66. The van der Waals surface area contributed by atoms with Gasteiger partial charge in [-0.2, -0.15) is 8.42 Å². The third kappa shape index (κ3) is 4.68. The molecule has 0 radical (unpaired) electrons. The summed E-state index contributed by atoms with van der Waals surface area (Å²) in [5.41, 5.74) is 0.861. The Morgan fingerprint density at radius 1 is 1.32 bits per heavy atom. The van der Waals surface area contributed by atoms with Crippen LogP contribution >= 0.6 is 0 Å². The molecule has 0 aliphatic rings. The summed E-state index contributed by atoms with van der Waals surface area (Å²) in [6, 6.07) is 4.74. The van der Waals surface area contributed by atoms with Crippen molar-refractivity contribution in [3.63, 3.8) is 0 Å². The molecule has 1 amide bonds. The molecule has 0 fully saturated rings. The van der Waals surface area contributed by atoms with Crippen molar-refractivity contribution in [1.29, 1.82) is 0 Å². The maximum absolute atomic E-state index is 11.8. The average molecular weight is 287 g/mol. The number of carboxylic acids is 1. The quantitative estimate of drug-likeness (QED) is 0.659. The van der Waals surface area contributed by atoms with Crippen LogP contribution in [0.5, 0.6) is 0 Å². The maximum Gasteiger partial charge on any atom is 0.327 e. The molecule has 3 N–H and O–H groups in total. The number of nitrogens with one attached hydrogen (secondary N) is 1. The molecule has 0 spiro atoms. The number of benzene rings is 1.